The summed E-state index contributed by atoms with van der Waals surface area (Å²) in [4.78, 5) is 20.8. The molecule has 0 amide bonds. The third-order valence-electron chi connectivity index (χ3n) is 7.23. The van der Waals surface area contributed by atoms with Gasteiger partial charge in [-0.05, 0) is 51.7 Å². The molecule has 1 aliphatic rings. The zero-order valence-corrected chi connectivity index (χ0v) is 21.5. The van der Waals surface area contributed by atoms with Gasteiger partial charge in [0.2, 0.25) is 0 Å². The van der Waals surface area contributed by atoms with Crippen molar-refractivity contribution in [2.45, 2.75) is 12.6 Å². The molecule has 1 saturated heterocycles. The Morgan fingerprint density at radius 3 is 2.51 bits per heavy atom. The molecule has 0 saturated carbocycles. The number of benzene rings is 3. The van der Waals surface area contributed by atoms with Gasteiger partial charge in [-0.15, -0.1) is 5.10 Å². The van der Waals surface area contributed by atoms with Crippen LogP contribution in [-0.2, 0) is 6.54 Å². The van der Waals surface area contributed by atoms with E-state index in [-0.39, 0.29) is 11.4 Å². The summed E-state index contributed by atoms with van der Waals surface area (Å²) in [5, 5.41) is 13.6. The molecule has 9 nitrogen and oxygen atoms in total. The summed E-state index contributed by atoms with van der Waals surface area (Å²) in [5.74, 6) is 1.01. The van der Waals surface area contributed by atoms with Crippen molar-refractivity contribution in [1.82, 2.24) is 30.1 Å². The molecule has 5 aromatic rings. The summed E-state index contributed by atoms with van der Waals surface area (Å²) >= 11 is 0. The molecule has 198 valence electrons. The molecule has 39 heavy (non-hydrogen) atoms. The Morgan fingerprint density at radius 1 is 0.974 bits per heavy atom. The summed E-state index contributed by atoms with van der Waals surface area (Å²) in [6.45, 7) is 2.85. The third kappa shape index (κ3) is 4.98. The van der Waals surface area contributed by atoms with Crippen molar-refractivity contribution in [3.05, 3.63) is 112 Å². The van der Waals surface area contributed by atoms with E-state index >= 15 is 0 Å². The number of fused-ring (bicyclic) bond motifs is 1. The van der Waals surface area contributed by atoms with Crippen molar-refractivity contribution in [3.8, 4) is 5.75 Å². The van der Waals surface area contributed by atoms with Crippen LogP contribution in [0.1, 0.15) is 23.0 Å². The lowest BCUT2D eigenvalue weighted by molar-refractivity contribution is 0.200. The summed E-state index contributed by atoms with van der Waals surface area (Å²) in [7, 11) is 1.59. The smallest absolute Gasteiger partial charge is 0.253 e. The molecule has 0 spiro atoms. The number of ether oxygens (including phenoxy) is 1. The molecule has 1 atom stereocenters. The maximum absolute atomic E-state index is 14.5. The van der Waals surface area contributed by atoms with Crippen molar-refractivity contribution in [3.63, 3.8) is 0 Å². The SMILES string of the molecule is COc1ccc2cc([C@H](c3nnnn3Cc3ccccc3)N3CCN(c4ccccc4F)CC3)c(=O)[nH]c2c1. The Bertz CT molecular complexity index is 1640. The van der Waals surface area contributed by atoms with Gasteiger partial charge in [-0.1, -0.05) is 42.5 Å². The normalized spacial score (nSPS) is 15.0. The van der Waals surface area contributed by atoms with Gasteiger partial charge in [0.1, 0.15) is 17.6 Å². The van der Waals surface area contributed by atoms with Crippen molar-refractivity contribution in [2.24, 2.45) is 0 Å². The first-order valence-electron chi connectivity index (χ1n) is 12.8. The van der Waals surface area contributed by atoms with Gasteiger partial charge >= 0.3 is 0 Å². The van der Waals surface area contributed by atoms with Crippen LogP contribution >= 0.6 is 0 Å². The van der Waals surface area contributed by atoms with Crippen molar-refractivity contribution >= 4 is 16.6 Å². The zero-order chi connectivity index (χ0) is 26.8. The van der Waals surface area contributed by atoms with Gasteiger partial charge in [-0.2, -0.15) is 0 Å². The monoisotopic (exact) mass is 525 g/mol. The van der Waals surface area contributed by atoms with Crippen molar-refractivity contribution in [1.29, 1.82) is 0 Å². The number of rotatable bonds is 7. The van der Waals surface area contributed by atoms with Crippen LogP contribution in [0.2, 0.25) is 0 Å². The lowest BCUT2D eigenvalue weighted by Crippen LogP contribution is -2.49. The number of piperazine rings is 1. The maximum atomic E-state index is 14.5. The highest BCUT2D eigenvalue weighted by molar-refractivity contribution is 5.80. The van der Waals surface area contributed by atoms with Gasteiger partial charge in [-0.3, -0.25) is 9.69 Å². The number of tetrazole rings is 1. The second-order valence-corrected chi connectivity index (χ2v) is 9.56. The molecular formula is C29H28FN7O2. The lowest BCUT2D eigenvalue weighted by atomic mass is 10.0. The second kappa shape index (κ2) is 10.7. The van der Waals surface area contributed by atoms with Gasteiger partial charge in [0.15, 0.2) is 5.82 Å². The number of aromatic amines is 1. The highest BCUT2D eigenvalue weighted by atomic mass is 19.1. The number of hydrogen-bond donors (Lipinski definition) is 1. The number of methoxy groups -OCH3 is 1. The number of para-hydroxylation sites is 1. The minimum absolute atomic E-state index is 0.216. The van der Waals surface area contributed by atoms with Gasteiger partial charge in [-0.25, -0.2) is 9.07 Å². The minimum atomic E-state index is -0.498. The minimum Gasteiger partial charge on any atom is -0.497 e. The molecule has 10 heteroatoms. The largest absolute Gasteiger partial charge is 0.497 e. The van der Waals surface area contributed by atoms with Crippen LogP contribution < -0.4 is 15.2 Å². The third-order valence-corrected chi connectivity index (χ3v) is 7.23. The van der Waals surface area contributed by atoms with E-state index in [1.807, 2.05) is 65.6 Å². The first kappa shape index (κ1) is 24.7. The fourth-order valence-electron chi connectivity index (χ4n) is 5.23. The Labute approximate surface area is 224 Å². The van der Waals surface area contributed by atoms with E-state index in [0.29, 0.717) is 61.1 Å². The molecule has 0 bridgehead atoms. The molecule has 6 rings (SSSR count). The van der Waals surface area contributed by atoms with E-state index in [4.69, 9.17) is 4.74 Å². The molecule has 0 radical (unpaired) electrons. The van der Waals surface area contributed by atoms with Crippen LogP contribution in [-0.4, -0.2) is 63.4 Å². The number of hydrogen-bond acceptors (Lipinski definition) is 7. The maximum Gasteiger partial charge on any atom is 0.253 e. The number of pyridine rings is 1. The molecule has 1 N–H and O–H groups in total. The number of anilines is 1. The van der Waals surface area contributed by atoms with E-state index < -0.39 is 6.04 Å². The Hall–Kier alpha value is -4.57. The molecule has 0 unspecified atom stereocenters. The Morgan fingerprint density at radius 2 is 1.74 bits per heavy atom. The van der Waals surface area contributed by atoms with Crippen LogP contribution in [0.25, 0.3) is 10.9 Å². The van der Waals surface area contributed by atoms with E-state index in [2.05, 4.69) is 25.4 Å². The van der Waals surface area contributed by atoms with Crippen LogP contribution in [0, 0.1) is 5.82 Å². The first-order chi connectivity index (χ1) is 19.1. The molecule has 2 aromatic heterocycles. The van der Waals surface area contributed by atoms with Gasteiger partial charge in [0, 0.05) is 37.8 Å². The Balaban J connectivity index is 1.39. The number of nitrogens with zero attached hydrogens (tertiary/aromatic N) is 6. The van der Waals surface area contributed by atoms with Gasteiger partial charge in [0.25, 0.3) is 5.56 Å². The van der Waals surface area contributed by atoms with Crippen LogP contribution in [0.3, 0.4) is 0 Å². The van der Waals surface area contributed by atoms with E-state index in [1.165, 1.54) is 6.07 Å². The molecule has 1 aliphatic heterocycles. The lowest BCUT2D eigenvalue weighted by Gasteiger charge is -2.39. The van der Waals surface area contributed by atoms with E-state index in [0.717, 1.165) is 10.9 Å². The van der Waals surface area contributed by atoms with E-state index in [1.54, 1.807) is 23.9 Å². The molecule has 3 heterocycles. The van der Waals surface area contributed by atoms with Crippen LogP contribution in [0.4, 0.5) is 10.1 Å². The molecule has 0 aliphatic carbocycles. The summed E-state index contributed by atoms with van der Waals surface area (Å²) in [6.07, 6.45) is 0. The number of H-pyrrole nitrogens is 1. The Kier molecular flexibility index (Phi) is 6.76. The van der Waals surface area contributed by atoms with Crippen LogP contribution in [0.15, 0.2) is 83.7 Å². The fourth-order valence-corrected chi connectivity index (χ4v) is 5.23. The predicted molar refractivity (Wildman–Crippen MR) is 147 cm³/mol. The highest BCUT2D eigenvalue weighted by Gasteiger charge is 2.33. The van der Waals surface area contributed by atoms with Crippen LogP contribution in [0.5, 0.6) is 5.75 Å². The van der Waals surface area contributed by atoms with Crippen molar-refractivity contribution in [2.75, 3.05) is 38.2 Å². The number of nitrogens with one attached hydrogen (secondary N) is 1. The van der Waals surface area contributed by atoms with E-state index in [9.17, 15) is 9.18 Å². The second-order valence-electron chi connectivity index (χ2n) is 9.56. The first-order valence-corrected chi connectivity index (χ1v) is 12.8. The number of aromatic nitrogens is 5. The average molecular weight is 526 g/mol. The van der Waals surface area contributed by atoms with Gasteiger partial charge in [0.05, 0.1) is 24.9 Å². The quantitative estimate of drug-likeness (QED) is 0.347. The number of halogens is 1. The summed E-state index contributed by atoms with van der Waals surface area (Å²) in [6, 6.07) is 23.8. The average Bonchev–Trinajstić information content (AvgIpc) is 3.42. The molecule has 1 fully saturated rings. The summed E-state index contributed by atoms with van der Waals surface area (Å²) in [5.41, 5.74) is 2.66. The highest BCUT2D eigenvalue weighted by Crippen LogP contribution is 2.30. The standard InChI is InChI=1S/C29H28FN7O2/c1-39-22-12-11-21-17-23(29(38)31-25(21)18-22)27(28-32-33-34-37(28)19-20-7-3-2-4-8-20)36-15-13-35(14-16-36)26-10-6-5-9-24(26)30/h2-12,17-18,27H,13-16,19H2,1H3,(H,31,38)/t27-/m1/s1. The molecular weight excluding hydrogens is 497 g/mol. The summed E-state index contributed by atoms with van der Waals surface area (Å²) < 4.78 is 21.6. The predicted octanol–water partition coefficient (Wildman–Crippen LogP) is 3.62. The van der Waals surface area contributed by atoms with Gasteiger partial charge < -0.3 is 14.6 Å². The topological polar surface area (TPSA) is 92.2 Å². The zero-order valence-electron chi connectivity index (χ0n) is 21.5. The molecule has 3 aromatic carbocycles. The van der Waals surface area contributed by atoms with Crippen molar-refractivity contribution < 1.29 is 9.13 Å². The fraction of sp³-hybridized carbons (Fsp3) is 0.241.